The van der Waals surface area contributed by atoms with Gasteiger partial charge in [0.2, 0.25) is 0 Å². The average Bonchev–Trinajstić information content (AvgIpc) is 3.82. The van der Waals surface area contributed by atoms with Crippen molar-refractivity contribution >= 4 is 11.1 Å². The molecule has 1 fully saturated rings. The van der Waals surface area contributed by atoms with Crippen molar-refractivity contribution < 1.29 is 4.74 Å². The summed E-state index contributed by atoms with van der Waals surface area (Å²) in [5, 5.41) is 0. The van der Waals surface area contributed by atoms with Crippen LogP contribution in [0.4, 0.5) is 0 Å². The van der Waals surface area contributed by atoms with Crippen molar-refractivity contribution in [3.8, 4) is 22.5 Å². The van der Waals surface area contributed by atoms with E-state index in [1.807, 2.05) is 0 Å². The van der Waals surface area contributed by atoms with Crippen molar-refractivity contribution in [1.82, 2.24) is 19.9 Å². The van der Waals surface area contributed by atoms with E-state index in [-0.39, 0.29) is 24.0 Å². The second-order valence-corrected chi connectivity index (χ2v) is 17.0. The van der Waals surface area contributed by atoms with E-state index >= 15 is 0 Å². The molecule has 2 aliphatic heterocycles. The molecule has 0 spiro atoms. The van der Waals surface area contributed by atoms with E-state index in [1.165, 1.54) is 73.8 Å². The van der Waals surface area contributed by atoms with Crippen LogP contribution in [-0.2, 0) is 4.74 Å². The summed E-state index contributed by atoms with van der Waals surface area (Å²) < 4.78 is 7.19. The summed E-state index contributed by atoms with van der Waals surface area (Å²) >= 11 is 0. The predicted octanol–water partition coefficient (Wildman–Crippen LogP) is 11.6. The first-order chi connectivity index (χ1) is 27.7. The van der Waals surface area contributed by atoms with Gasteiger partial charge in [-0.25, -0.2) is 15.0 Å². The van der Waals surface area contributed by atoms with Gasteiger partial charge >= 0.3 is 0 Å². The SMILES string of the molecule is C1=CC2C3=C(CCC(C4=CCCCC4)C3)N(C3=CC=CC4C3OC3C=C(c5nc(C6=CCCCC6)nc(-c6ccc(-c7ccccc7)cc6)n5)C=CC34)C2C=C1. The number of fused-ring (bicyclic) bond motifs is 5. The number of rotatable bonds is 6. The highest BCUT2D eigenvalue weighted by Crippen LogP contribution is 2.53. The van der Waals surface area contributed by atoms with Crippen LogP contribution >= 0.6 is 0 Å². The van der Waals surface area contributed by atoms with Crippen molar-refractivity contribution in [2.75, 3.05) is 0 Å². The summed E-state index contributed by atoms with van der Waals surface area (Å²) in [4.78, 5) is 18.1. The molecule has 280 valence electrons. The van der Waals surface area contributed by atoms with Gasteiger partial charge in [0, 0.05) is 40.3 Å². The minimum atomic E-state index is -0.0542. The molecular weight excluding hydrogens is 685 g/mol. The summed E-state index contributed by atoms with van der Waals surface area (Å²) in [6.07, 6.45) is 41.6. The second kappa shape index (κ2) is 14.4. The molecule has 56 heavy (non-hydrogen) atoms. The standard InChI is InChI=1S/C51H50N4O/c1-4-13-33(14-5-1)35-23-25-37(26-24-35)50-52-49(36-17-8-3-9-18-36)53-51(54-50)39-27-29-41-42-20-12-22-46(48(42)56-47(41)32-39)55-44-21-11-10-19-40(44)43-31-38(28-30-45(43)55)34-15-6-2-7-16-34/h1,4-5,10-15,17,19-27,29,32,38,40-42,44,47-48H,2-3,6-9,16,18,28,30-31H2. The van der Waals surface area contributed by atoms with Gasteiger partial charge in [-0.1, -0.05) is 121 Å². The third-order valence-corrected chi connectivity index (χ3v) is 13.7. The van der Waals surface area contributed by atoms with Crippen molar-refractivity contribution in [3.05, 3.63) is 162 Å². The molecule has 7 atom stereocenters. The van der Waals surface area contributed by atoms with Gasteiger partial charge in [0.05, 0.1) is 12.1 Å². The van der Waals surface area contributed by atoms with Gasteiger partial charge in [-0.05, 0) is 111 Å². The van der Waals surface area contributed by atoms with Crippen molar-refractivity contribution in [1.29, 1.82) is 0 Å². The van der Waals surface area contributed by atoms with Crippen molar-refractivity contribution in [3.63, 3.8) is 0 Å². The Morgan fingerprint density at radius 1 is 0.661 bits per heavy atom. The minimum absolute atomic E-state index is 0.000774. The maximum atomic E-state index is 7.19. The Morgan fingerprint density at radius 2 is 1.45 bits per heavy atom. The number of ether oxygens (including phenoxy) is 1. The maximum Gasteiger partial charge on any atom is 0.164 e. The molecule has 0 saturated carbocycles. The molecule has 1 aromatic heterocycles. The molecule has 11 rings (SSSR count). The summed E-state index contributed by atoms with van der Waals surface area (Å²) in [6, 6.07) is 19.5. The Bertz CT molecular complexity index is 2320. The monoisotopic (exact) mass is 734 g/mol. The molecular formula is C51H50N4O. The second-order valence-electron chi connectivity index (χ2n) is 17.0. The van der Waals surface area contributed by atoms with Gasteiger partial charge in [0.15, 0.2) is 17.5 Å². The van der Waals surface area contributed by atoms with Crippen LogP contribution in [0, 0.1) is 23.7 Å². The lowest BCUT2D eigenvalue weighted by Crippen LogP contribution is -2.39. The van der Waals surface area contributed by atoms with Crippen LogP contribution in [-0.4, -0.2) is 38.1 Å². The average molecular weight is 735 g/mol. The summed E-state index contributed by atoms with van der Waals surface area (Å²) in [7, 11) is 0. The molecule has 0 radical (unpaired) electrons. The Hall–Kier alpha value is -5.13. The highest BCUT2D eigenvalue weighted by atomic mass is 16.5. The maximum absolute atomic E-state index is 7.19. The van der Waals surface area contributed by atoms with Gasteiger partial charge in [0.1, 0.15) is 6.10 Å². The lowest BCUT2D eigenvalue weighted by atomic mass is 9.75. The van der Waals surface area contributed by atoms with E-state index in [0.29, 0.717) is 17.9 Å². The Labute approximate surface area is 331 Å². The Balaban J connectivity index is 0.898. The molecule has 5 nitrogen and oxygen atoms in total. The number of aromatic nitrogens is 3. The highest BCUT2D eigenvalue weighted by Gasteiger charge is 2.50. The largest absolute Gasteiger partial charge is 0.363 e. The van der Waals surface area contributed by atoms with Gasteiger partial charge in [0.25, 0.3) is 0 Å². The van der Waals surface area contributed by atoms with E-state index in [9.17, 15) is 0 Å². The topological polar surface area (TPSA) is 51.1 Å². The fourth-order valence-corrected chi connectivity index (χ4v) is 10.9. The normalized spacial score (nSPS) is 30.2. The molecule has 7 unspecified atom stereocenters. The quantitative estimate of drug-likeness (QED) is 0.236. The van der Waals surface area contributed by atoms with E-state index < -0.39 is 0 Å². The molecule has 5 heteroatoms. The van der Waals surface area contributed by atoms with Gasteiger partial charge in [-0.2, -0.15) is 0 Å². The number of hydrogen-bond acceptors (Lipinski definition) is 5. The van der Waals surface area contributed by atoms with Crippen molar-refractivity contribution in [2.24, 2.45) is 23.7 Å². The van der Waals surface area contributed by atoms with Crippen LogP contribution in [0.1, 0.15) is 82.3 Å². The van der Waals surface area contributed by atoms with Gasteiger partial charge < -0.3 is 9.64 Å². The fourth-order valence-electron chi connectivity index (χ4n) is 10.9. The van der Waals surface area contributed by atoms with Gasteiger partial charge in [-0.3, -0.25) is 0 Å². The zero-order valence-electron chi connectivity index (χ0n) is 32.1. The lowest BCUT2D eigenvalue weighted by Gasteiger charge is -2.38. The first-order valence-corrected chi connectivity index (χ1v) is 21.4. The molecule has 1 saturated heterocycles. The van der Waals surface area contributed by atoms with Crippen LogP contribution in [0.3, 0.4) is 0 Å². The molecule has 0 N–H and O–H groups in total. The van der Waals surface area contributed by atoms with E-state index in [4.69, 9.17) is 19.7 Å². The van der Waals surface area contributed by atoms with E-state index in [2.05, 4.69) is 132 Å². The zero-order valence-corrected chi connectivity index (χ0v) is 32.1. The zero-order chi connectivity index (χ0) is 37.0. The third kappa shape index (κ3) is 6.07. The smallest absolute Gasteiger partial charge is 0.164 e. The van der Waals surface area contributed by atoms with Crippen LogP contribution in [0.25, 0.3) is 33.7 Å². The summed E-state index contributed by atoms with van der Waals surface area (Å²) in [5.74, 6) is 3.95. The fraction of sp³-hybridized carbons (Fsp3) is 0.353. The molecule has 6 aliphatic carbocycles. The molecule has 8 aliphatic rings. The molecule has 0 bridgehead atoms. The van der Waals surface area contributed by atoms with E-state index in [0.717, 1.165) is 47.9 Å². The van der Waals surface area contributed by atoms with E-state index in [1.54, 1.807) is 16.8 Å². The first kappa shape index (κ1) is 34.1. The molecule has 2 aromatic carbocycles. The lowest BCUT2D eigenvalue weighted by molar-refractivity contribution is 0.0628. The van der Waals surface area contributed by atoms with Crippen molar-refractivity contribution in [2.45, 2.75) is 88.9 Å². The first-order valence-electron chi connectivity index (χ1n) is 21.4. The summed E-state index contributed by atoms with van der Waals surface area (Å²) in [6.45, 7) is 0. The molecule has 0 amide bonds. The Morgan fingerprint density at radius 3 is 2.29 bits per heavy atom. The predicted molar refractivity (Wildman–Crippen MR) is 225 cm³/mol. The number of nitrogens with zero attached hydrogens (tertiary/aromatic N) is 4. The van der Waals surface area contributed by atoms with Crippen LogP contribution in [0.2, 0.25) is 0 Å². The Kier molecular flexibility index (Phi) is 8.79. The molecule has 3 aromatic rings. The number of allylic oxidation sites excluding steroid dienone is 11. The minimum Gasteiger partial charge on any atom is -0.363 e. The van der Waals surface area contributed by atoms with Crippen LogP contribution in [0.5, 0.6) is 0 Å². The third-order valence-electron chi connectivity index (χ3n) is 13.7. The number of hydrogen-bond donors (Lipinski definition) is 0. The molecule has 3 heterocycles. The van der Waals surface area contributed by atoms with Crippen LogP contribution in [0.15, 0.2) is 150 Å². The van der Waals surface area contributed by atoms with Crippen LogP contribution < -0.4 is 0 Å². The summed E-state index contributed by atoms with van der Waals surface area (Å²) in [5.41, 5.74) is 11.9. The number of benzene rings is 2. The van der Waals surface area contributed by atoms with Gasteiger partial charge in [-0.15, -0.1) is 0 Å². The highest BCUT2D eigenvalue weighted by molar-refractivity contribution is 5.75.